The Morgan fingerprint density at radius 1 is 0.939 bits per heavy atom. The van der Waals surface area contributed by atoms with Crippen molar-refractivity contribution in [2.24, 2.45) is 0 Å². The van der Waals surface area contributed by atoms with E-state index in [4.69, 9.17) is 0 Å². The Balaban J connectivity index is 1.45. The Labute approximate surface area is 284 Å². The Bertz CT molecular complexity index is 1680. The molecule has 3 aromatic rings. The first-order valence-electron chi connectivity index (χ1n) is 16.6. The number of aromatic amines is 1. The van der Waals surface area contributed by atoms with Crippen LogP contribution in [0.5, 0.6) is 0 Å². The molecule has 2 aliphatic heterocycles. The number of aromatic nitrogens is 1. The van der Waals surface area contributed by atoms with Gasteiger partial charge in [-0.15, -0.1) is 0 Å². The summed E-state index contributed by atoms with van der Waals surface area (Å²) in [5.74, 6) is -2.85. The number of aliphatic hydroxyl groups excluding tert-OH is 1. The second-order valence-corrected chi connectivity index (χ2v) is 12.5. The third-order valence-corrected chi connectivity index (χ3v) is 8.82. The van der Waals surface area contributed by atoms with E-state index in [1.54, 1.807) is 6.20 Å². The zero-order valence-corrected chi connectivity index (χ0v) is 27.4. The largest absolute Gasteiger partial charge is 0.391 e. The summed E-state index contributed by atoms with van der Waals surface area (Å²) in [6, 6.07) is 13.4. The molecule has 2 aliphatic rings. The number of hydrogen-bond donors (Lipinski definition) is 6. The van der Waals surface area contributed by atoms with E-state index in [1.807, 2.05) is 54.6 Å². The van der Waals surface area contributed by atoms with Crippen LogP contribution in [0.1, 0.15) is 37.3 Å². The SMILES string of the molecule is CC(=O)NCCCC(=O)N1CCNC(=O)[C@H](Cc2ccccc2)NC(=O)[C@@H]2C[C@@H](O)CN2C(=O)[C@@H](Cc2c[nH]c3ccccc23)NC(=O)C1. The highest BCUT2D eigenvalue weighted by molar-refractivity contribution is 5.96. The van der Waals surface area contributed by atoms with Gasteiger partial charge in [0, 0.05) is 75.9 Å². The molecule has 6 N–H and O–H groups in total. The molecule has 49 heavy (non-hydrogen) atoms. The van der Waals surface area contributed by atoms with E-state index in [1.165, 1.54) is 16.7 Å². The topological polar surface area (TPSA) is 193 Å². The van der Waals surface area contributed by atoms with Crippen molar-refractivity contribution >= 4 is 46.3 Å². The summed E-state index contributed by atoms with van der Waals surface area (Å²) in [6.45, 7) is 1.13. The van der Waals surface area contributed by atoms with Crippen molar-refractivity contribution < 1.29 is 33.9 Å². The third-order valence-electron chi connectivity index (χ3n) is 8.82. The van der Waals surface area contributed by atoms with Crippen LogP contribution < -0.4 is 21.3 Å². The number of carbonyl (C=O) groups is 6. The van der Waals surface area contributed by atoms with Crippen LogP contribution in [0.3, 0.4) is 0 Å². The summed E-state index contributed by atoms with van der Waals surface area (Å²) in [7, 11) is 0. The van der Waals surface area contributed by atoms with Crippen LogP contribution in [-0.4, -0.2) is 112 Å². The van der Waals surface area contributed by atoms with E-state index >= 15 is 0 Å². The third kappa shape index (κ3) is 9.22. The number of para-hydroxylation sites is 1. The predicted molar refractivity (Wildman–Crippen MR) is 180 cm³/mol. The maximum atomic E-state index is 14.3. The Morgan fingerprint density at radius 3 is 2.47 bits per heavy atom. The first-order chi connectivity index (χ1) is 23.6. The van der Waals surface area contributed by atoms with Gasteiger partial charge in [-0.25, -0.2) is 0 Å². The van der Waals surface area contributed by atoms with Gasteiger partial charge in [0.1, 0.15) is 18.1 Å². The maximum absolute atomic E-state index is 14.3. The Morgan fingerprint density at radius 2 is 1.69 bits per heavy atom. The summed E-state index contributed by atoms with van der Waals surface area (Å²) in [6.07, 6.45) is 1.36. The lowest BCUT2D eigenvalue weighted by Crippen LogP contribution is -2.57. The molecule has 14 heteroatoms. The number of hydrogen-bond acceptors (Lipinski definition) is 7. The Hall–Kier alpha value is -5.24. The Kier molecular flexibility index (Phi) is 11.6. The second kappa shape index (κ2) is 16.2. The molecule has 4 atom stereocenters. The number of H-pyrrole nitrogens is 1. The molecule has 0 saturated carbocycles. The fraction of sp³-hybridized carbons (Fsp3) is 0.429. The molecule has 0 bridgehead atoms. The quantitative estimate of drug-likeness (QED) is 0.178. The first-order valence-corrected chi connectivity index (χ1v) is 16.6. The van der Waals surface area contributed by atoms with Crippen LogP contribution in [0.2, 0.25) is 0 Å². The van der Waals surface area contributed by atoms with Crippen LogP contribution in [0.15, 0.2) is 60.8 Å². The van der Waals surface area contributed by atoms with E-state index in [0.717, 1.165) is 22.0 Å². The van der Waals surface area contributed by atoms with Crippen molar-refractivity contribution in [1.82, 2.24) is 36.1 Å². The van der Waals surface area contributed by atoms with E-state index in [2.05, 4.69) is 26.3 Å². The molecule has 0 aliphatic carbocycles. The van der Waals surface area contributed by atoms with Gasteiger partial charge in [-0.1, -0.05) is 48.5 Å². The van der Waals surface area contributed by atoms with Gasteiger partial charge >= 0.3 is 0 Å². The van der Waals surface area contributed by atoms with Gasteiger partial charge in [-0.3, -0.25) is 28.8 Å². The number of rotatable bonds is 8. The lowest BCUT2D eigenvalue weighted by Gasteiger charge is -2.30. The van der Waals surface area contributed by atoms with E-state index in [-0.39, 0.29) is 70.2 Å². The zero-order chi connectivity index (χ0) is 34.9. The van der Waals surface area contributed by atoms with Crippen LogP contribution in [0, 0.1) is 0 Å². The number of carbonyl (C=O) groups excluding carboxylic acids is 6. The fourth-order valence-electron chi connectivity index (χ4n) is 6.36. The van der Waals surface area contributed by atoms with E-state index in [9.17, 15) is 33.9 Å². The number of nitrogens with zero attached hydrogens (tertiary/aromatic N) is 2. The average Bonchev–Trinajstić information content (AvgIpc) is 3.68. The predicted octanol–water partition coefficient (Wildman–Crippen LogP) is -0.241. The molecule has 0 unspecified atom stereocenters. The van der Waals surface area contributed by atoms with Gasteiger partial charge in [0.15, 0.2) is 0 Å². The van der Waals surface area contributed by atoms with Gasteiger partial charge in [0.25, 0.3) is 0 Å². The normalized spacial score (nSPS) is 22.4. The van der Waals surface area contributed by atoms with E-state index in [0.29, 0.717) is 6.42 Å². The molecular formula is C35H43N7O7. The van der Waals surface area contributed by atoms with Crippen LogP contribution in [-0.2, 0) is 41.6 Å². The first kappa shape index (κ1) is 35.1. The lowest BCUT2D eigenvalue weighted by atomic mass is 10.0. The highest BCUT2D eigenvalue weighted by Gasteiger charge is 2.42. The monoisotopic (exact) mass is 673 g/mol. The molecule has 260 valence electrons. The van der Waals surface area contributed by atoms with Crippen LogP contribution in [0.25, 0.3) is 10.9 Å². The highest BCUT2D eigenvalue weighted by Crippen LogP contribution is 2.23. The molecule has 1 aromatic heterocycles. The van der Waals surface area contributed by atoms with Crippen molar-refractivity contribution in [2.75, 3.05) is 32.7 Å². The van der Waals surface area contributed by atoms with Crippen molar-refractivity contribution in [3.05, 3.63) is 71.9 Å². The van der Waals surface area contributed by atoms with Gasteiger partial charge in [-0.2, -0.15) is 0 Å². The minimum atomic E-state index is -1.13. The van der Waals surface area contributed by atoms with Crippen molar-refractivity contribution in [3.63, 3.8) is 0 Å². The number of amides is 6. The minimum Gasteiger partial charge on any atom is -0.391 e. The summed E-state index contributed by atoms with van der Waals surface area (Å²) >= 11 is 0. The molecule has 2 fully saturated rings. The van der Waals surface area contributed by atoms with Crippen LogP contribution >= 0.6 is 0 Å². The number of nitrogens with one attached hydrogen (secondary N) is 5. The van der Waals surface area contributed by atoms with Gasteiger partial charge in [-0.05, 0) is 23.6 Å². The number of aliphatic hydroxyl groups is 1. The molecule has 5 rings (SSSR count). The molecule has 2 saturated heterocycles. The van der Waals surface area contributed by atoms with E-state index < -0.39 is 47.9 Å². The standard InChI is InChI=1S/C35H43N7O7/c1-22(43)36-13-7-12-32(46)41-15-14-37-33(47)28(16-23-8-3-2-4-9-23)40-34(48)30-18-25(44)20-42(30)35(49)29(39-31(45)21-41)17-24-19-38-27-11-6-5-10-26(24)27/h2-6,8-11,19,25,28-30,38,44H,7,12-18,20-21H2,1H3,(H,36,43)(H,37,47)(H,39,45)(H,40,48)/t25-,28+,29-,30+/m1/s1. The summed E-state index contributed by atoms with van der Waals surface area (Å²) in [5.41, 5.74) is 2.40. The molecule has 6 amide bonds. The molecule has 2 aromatic carbocycles. The molecular weight excluding hydrogens is 630 g/mol. The van der Waals surface area contributed by atoms with Gasteiger partial charge in [0.05, 0.1) is 12.6 Å². The maximum Gasteiger partial charge on any atom is 0.246 e. The molecule has 0 spiro atoms. The van der Waals surface area contributed by atoms with Gasteiger partial charge in [0.2, 0.25) is 35.4 Å². The molecule has 3 heterocycles. The van der Waals surface area contributed by atoms with Crippen LogP contribution in [0.4, 0.5) is 0 Å². The summed E-state index contributed by atoms with van der Waals surface area (Å²) in [4.78, 5) is 85.4. The zero-order valence-electron chi connectivity index (χ0n) is 27.4. The number of benzene rings is 2. The molecule has 0 radical (unpaired) electrons. The lowest BCUT2D eigenvalue weighted by molar-refractivity contribution is -0.142. The average molecular weight is 674 g/mol. The smallest absolute Gasteiger partial charge is 0.246 e. The highest BCUT2D eigenvalue weighted by atomic mass is 16.3. The summed E-state index contributed by atoms with van der Waals surface area (Å²) < 4.78 is 0. The summed E-state index contributed by atoms with van der Waals surface area (Å²) in [5, 5.41) is 22.6. The fourth-order valence-corrected chi connectivity index (χ4v) is 6.36. The van der Waals surface area contributed by atoms with Crippen molar-refractivity contribution in [1.29, 1.82) is 0 Å². The molecule has 14 nitrogen and oxygen atoms in total. The van der Waals surface area contributed by atoms with Gasteiger partial charge < -0.3 is 41.2 Å². The van der Waals surface area contributed by atoms with Crippen molar-refractivity contribution in [2.45, 2.75) is 63.3 Å². The second-order valence-electron chi connectivity index (χ2n) is 12.5. The number of fused-ring (bicyclic) bond motifs is 2. The van der Waals surface area contributed by atoms with Crippen molar-refractivity contribution in [3.8, 4) is 0 Å². The minimum absolute atomic E-state index is 0.00330.